The monoisotopic (exact) mass is 484 g/mol. The number of fused-ring (bicyclic) bond motifs is 1. The number of sulfonamides is 1. The minimum atomic E-state index is -3.66. The number of ether oxygens (including phenoxy) is 1. The van der Waals surface area contributed by atoms with Gasteiger partial charge in [0.15, 0.2) is 17.7 Å². The summed E-state index contributed by atoms with van der Waals surface area (Å²) >= 11 is 0. The van der Waals surface area contributed by atoms with Crippen molar-refractivity contribution in [3.05, 3.63) is 29.8 Å². The predicted octanol–water partition coefficient (Wildman–Crippen LogP) is 3.56. The van der Waals surface area contributed by atoms with E-state index in [-0.39, 0.29) is 28.0 Å². The lowest BCUT2D eigenvalue weighted by Gasteiger charge is -2.56. The molecule has 1 aromatic rings. The Bertz CT molecular complexity index is 1130. The maximum absolute atomic E-state index is 13.5. The van der Waals surface area contributed by atoms with Gasteiger partial charge in [0, 0.05) is 24.1 Å². The molecule has 0 spiro atoms. The van der Waals surface area contributed by atoms with Gasteiger partial charge in [-0.1, -0.05) is 12.1 Å². The molecule has 8 heteroatoms. The quantitative estimate of drug-likeness (QED) is 0.607. The van der Waals surface area contributed by atoms with Crippen molar-refractivity contribution < 1.29 is 22.7 Å². The third kappa shape index (κ3) is 3.60. The van der Waals surface area contributed by atoms with E-state index in [1.165, 1.54) is 19.3 Å². The first kappa shape index (κ1) is 22.3. The summed E-state index contributed by atoms with van der Waals surface area (Å²) in [5.41, 5.74) is 0.357. The highest BCUT2D eigenvalue weighted by Crippen LogP contribution is 2.60. The minimum absolute atomic E-state index is 0.138. The van der Waals surface area contributed by atoms with Gasteiger partial charge in [-0.05, 0) is 88.2 Å². The molecule has 1 atom stereocenters. The van der Waals surface area contributed by atoms with Crippen molar-refractivity contribution in [2.24, 2.45) is 33.5 Å². The van der Waals surface area contributed by atoms with Gasteiger partial charge in [-0.3, -0.25) is 9.59 Å². The lowest BCUT2D eigenvalue weighted by Crippen LogP contribution is -2.53. The number of esters is 1. The van der Waals surface area contributed by atoms with Crippen molar-refractivity contribution >= 4 is 27.6 Å². The molecule has 0 radical (unpaired) electrons. The van der Waals surface area contributed by atoms with Crippen LogP contribution in [0, 0.1) is 29.1 Å². The molecular weight excluding hydrogens is 452 g/mol. The molecule has 0 amide bonds. The normalized spacial score (nSPS) is 34.4. The average molecular weight is 485 g/mol. The maximum Gasteiger partial charge on any atom is 0.309 e. The fourth-order valence-corrected chi connectivity index (χ4v) is 9.04. The summed E-state index contributed by atoms with van der Waals surface area (Å²) < 4.78 is 34.5. The Labute approximate surface area is 201 Å². The number of likely N-dealkylation sites (tertiary alicyclic amines) is 1. The van der Waals surface area contributed by atoms with Gasteiger partial charge in [-0.15, -0.1) is 4.40 Å². The lowest BCUT2D eigenvalue weighted by molar-refractivity contribution is -0.168. The number of nitrogens with zero attached hydrogens (tertiary/aromatic N) is 2. The molecule has 7 nitrogen and oxygen atoms in total. The Kier molecular flexibility index (Phi) is 5.17. The predicted molar refractivity (Wildman–Crippen MR) is 126 cm³/mol. The van der Waals surface area contributed by atoms with E-state index < -0.39 is 16.1 Å². The number of carbonyl (C=O) groups excluding carboxylic acids is 2. The number of benzene rings is 1. The number of amidine groups is 1. The highest BCUT2D eigenvalue weighted by atomic mass is 32.2. The molecule has 4 bridgehead atoms. The second kappa shape index (κ2) is 7.90. The largest absolute Gasteiger partial charge is 0.454 e. The number of piperidine rings is 1. The van der Waals surface area contributed by atoms with E-state index in [4.69, 9.17) is 4.74 Å². The first-order valence-corrected chi connectivity index (χ1v) is 14.1. The third-order valence-electron chi connectivity index (χ3n) is 8.96. The molecule has 34 heavy (non-hydrogen) atoms. The van der Waals surface area contributed by atoms with Crippen molar-refractivity contribution in [3.63, 3.8) is 0 Å². The summed E-state index contributed by atoms with van der Waals surface area (Å²) in [7, 11) is -3.66. The lowest BCUT2D eigenvalue weighted by atomic mass is 9.48. The van der Waals surface area contributed by atoms with Crippen molar-refractivity contribution in [1.29, 1.82) is 0 Å². The van der Waals surface area contributed by atoms with Crippen molar-refractivity contribution in [3.8, 4) is 0 Å². The van der Waals surface area contributed by atoms with Gasteiger partial charge >= 0.3 is 5.97 Å². The van der Waals surface area contributed by atoms with Gasteiger partial charge in [0.2, 0.25) is 0 Å². The molecule has 2 heterocycles. The standard InChI is InChI=1S/C26H32N2O5S/c1-16(23(29)26-13-17-10-18(14-26)12-19(11-17)15-26)33-25(30)20-6-8-28(9-7-20)24-21-4-2-3-5-22(21)34(31,32)27-24/h2-5,16-20H,6-15H2,1H3. The molecule has 4 aliphatic carbocycles. The third-order valence-corrected chi connectivity index (χ3v) is 10.3. The van der Waals surface area contributed by atoms with Gasteiger partial charge in [0.25, 0.3) is 10.0 Å². The highest BCUT2D eigenvalue weighted by Gasteiger charge is 2.55. The van der Waals surface area contributed by atoms with Gasteiger partial charge in [-0.25, -0.2) is 0 Å². The molecule has 1 aromatic carbocycles. The van der Waals surface area contributed by atoms with E-state index in [2.05, 4.69) is 4.40 Å². The number of rotatable bonds is 4. The Morgan fingerprint density at radius 2 is 1.62 bits per heavy atom. The smallest absolute Gasteiger partial charge is 0.309 e. The summed E-state index contributed by atoms with van der Waals surface area (Å²) in [6.07, 6.45) is 7.16. The molecule has 1 unspecified atom stereocenters. The Morgan fingerprint density at radius 1 is 1.03 bits per heavy atom. The zero-order chi connectivity index (χ0) is 23.7. The van der Waals surface area contributed by atoms with E-state index in [1.54, 1.807) is 25.1 Å². The van der Waals surface area contributed by atoms with Crippen LogP contribution < -0.4 is 0 Å². The van der Waals surface area contributed by atoms with Gasteiger partial charge in [-0.2, -0.15) is 8.42 Å². The number of ketones is 1. The van der Waals surface area contributed by atoms with Gasteiger partial charge < -0.3 is 9.64 Å². The fraction of sp³-hybridized carbons (Fsp3) is 0.654. The van der Waals surface area contributed by atoms with Gasteiger partial charge in [0.1, 0.15) is 4.90 Å². The molecule has 5 fully saturated rings. The second-order valence-electron chi connectivity index (χ2n) is 11.3. The van der Waals surface area contributed by atoms with Crippen molar-refractivity contribution in [1.82, 2.24) is 4.90 Å². The van der Waals surface area contributed by atoms with Crippen LogP contribution in [0.25, 0.3) is 0 Å². The van der Waals surface area contributed by atoms with Crippen LogP contribution >= 0.6 is 0 Å². The van der Waals surface area contributed by atoms with Crippen molar-refractivity contribution in [2.75, 3.05) is 13.1 Å². The average Bonchev–Trinajstić information content (AvgIpc) is 3.09. The Morgan fingerprint density at radius 3 is 2.24 bits per heavy atom. The first-order valence-electron chi connectivity index (χ1n) is 12.7. The zero-order valence-electron chi connectivity index (χ0n) is 19.6. The Balaban J connectivity index is 1.07. The van der Waals surface area contributed by atoms with Crippen LogP contribution in [0.15, 0.2) is 33.6 Å². The number of hydrogen-bond donors (Lipinski definition) is 0. The molecule has 0 aromatic heterocycles. The molecule has 2 aliphatic heterocycles. The van der Waals surface area contributed by atoms with Gasteiger partial charge in [0.05, 0.1) is 5.92 Å². The van der Waals surface area contributed by atoms with E-state index in [0.717, 1.165) is 19.3 Å². The minimum Gasteiger partial charge on any atom is -0.454 e. The topological polar surface area (TPSA) is 93.1 Å². The van der Waals surface area contributed by atoms with Crippen LogP contribution in [0.3, 0.4) is 0 Å². The summed E-state index contributed by atoms with van der Waals surface area (Å²) in [5, 5.41) is 0. The second-order valence-corrected chi connectivity index (χ2v) is 12.9. The molecular formula is C26H32N2O5S. The highest BCUT2D eigenvalue weighted by molar-refractivity contribution is 7.90. The summed E-state index contributed by atoms with van der Waals surface area (Å²) in [4.78, 5) is 28.6. The Hall–Kier alpha value is -2.22. The van der Waals surface area contributed by atoms with E-state index >= 15 is 0 Å². The van der Waals surface area contributed by atoms with Crippen LogP contribution in [0.5, 0.6) is 0 Å². The van der Waals surface area contributed by atoms with Crippen LogP contribution in [-0.4, -0.2) is 50.1 Å². The number of hydrogen-bond acceptors (Lipinski definition) is 6. The molecule has 1 saturated heterocycles. The van der Waals surface area contributed by atoms with E-state index in [9.17, 15) is 18.0 Å². The molecule has 182 valence electrons. The molecule has 7 rings (SSSR count). The molecule has 0 N–H and O–H groups in total. The summed E-state index contributed by atoms with van der Waals surface area (Å²) in [6.45, 7) is 2.81. The zero-order valence-corrected chi connectivity index (χ0v) is 20.4. The van der Waals surface area contributed by atoms with Crippen LogP contribution in [0.2, 0.25) is 0 Å². The van der Waals surface area contributed by atoms with Crippen LogP contribution in [-0.2, 0) is 24.3 Å². The number of carbonyl (C=O) groups is 2. The van der Waals surface area contributed by atoms with E-state index in [1.807, 2.05) is 11.0 Å². The van der Waals surface area contributed by atoms with Crippen LogP contribution in [0.4, 0.5) is 0 Å². The van der Waals surface area contributed by atoms with E-state index in [0.29, 0.717) is 55.1 Å². The maximum atomic E-state index is 13.5. The van der Waals surface area contributed by atoms with Crippen LogP contribution in [0.1, 0.15) is 63.9 Å². The first-order chi connectivity index (χ1) is 16.2. The van der Waals surface area contributed by atoms with Crippen molar-refractivity contribution in [2.45, 2.75) is 69.3 Å². The SMILES string of the molecule is CC(OC(=O)C1CCN(C2=NS(=O)(=O)c3ccccc32)CC1)C(=O)C12CC3CC(CC(C3)C1)C2. The number of Topliss-reactive ketones (excluding diaryl/α,β-unsaturated/α-hetero) is 1. The molecule has 4 saturated carbocycles. The molecule has 6 aliphatic rings. The summed E-state index contributed by atoms with van der Waals surface area (Å²) in [6, 6.07) is 6.86. The fourth-order valence-electron chi connectivity index (χ4n) is 7.81. The summed E-state index contributed by atoms with van der Waals surface area (Å²) in [5.74, 6) is 2.05.